The van der Waals surface area contributed by atoms with Crippen LogP contribution in [0.4, 0.5) is 0 Å². The van der Waals surface area contributed by atoms with E-state index in [4.69, 9.17) is 5.26 Å². The molecule has 1 N–H and O–H groups in total. The van der Waals surface area contributed by atoms with Crippen LogP contribution in [0.25, 0.3) is 0 Å². The Balaban J connectivity index is 2.29. The molecule has 0 aliphatic heterocycles. The Morgan fingerprint density at radius 3 is 3.00 bits per heavy atom. The zero-order valence-electron chi connectivity index (χ0n) is 9.95. The molecule has 0 fully saturated rings. The number of hydrogen-bond acceptors (Lipinski definition) is 3. The maximum Gasteiger partial charge on any atom is 0.0961 e. The molecule has 0 bridgehead atoms. The summed E-state index contributed by atoms with van der Waals surface area (Å²) in [5.74, 6) is 0.964. The Morgan fingerprint density at radius 2 is 2.35 bits per heavy atom. The van der Waals surface area contributed by atoms with E-state index >= 15 is 0 Å². The van der Waals surface area contributed by atoms with E-state index in [2.05, 4.69) is 46.4 Å². The highest BCUT2D eigenvalue weighted by molar-refractivity contribution is 9.10. The van der Waals surface area contributed by atoms with Crippen LogP contribution in [0.15, 0.2) is 33.6 Å². The highest BCUT2D eigenvalue weighted by Crippen LogP contribution is 2.22. The first kappa shape index (κ1) is 14.6. The monoisotopic (exact) mass is 312 g/mol. The van der Waals surface area contributed by atoms with E-state index < -0.39 is 0 Å². The molecule has 4 heteroatoms. The SMILES string of the molecule is CCCNC(C#N)CCSc1cccc(Br)c1. The normalized spacial score (nSPS) is 12.1. The average molecular weight is 313 g/mol. The van der Waals surface area contributed by atoms with Crippen molar-refractivity contribution in [1.29, 1.82) is 5.26 Å². The van der Waals surface area contributed by atoms with Crippen LogP contribution in [-0.4, -0.2) is 18.3 Å². The highest BCUT2D eigenvalue weighted by atomic mass is 79.9. The van der Waals surface area contributed by atoms with E-state index in [1.54, 1.807) is 11.8 Å². The Morgan fingerprint density at radius 1 is 1.53 bits per heavy atom. The van der Waals surface area contributed by atoms with Crippen LogP contribution >= 0.6 is 27.7 Å². The lowest BCUT2D eigenvalue weighted by Crippen LogP contribution is -2.28. The van der Waals surface area contributed by atoms with Gasteiger partial charge in [-0.15, -0.1) is 11.8 Å². The van der Waals surface area contributed by atoms with Crippen LogP contribution in [0.1, 0.15) is 19.8 Å². The largest absolute Gasteiger partial charge is 0.302 e. The van der Waals surface area contributed by atoms with E-state index in [0.29, 0.717) is 0 Å². The Bertz CT molecular complexity index is 376. The fraction of sp³-hybridized carbons (Fsp3) is 0.462. The van der Waals surface area contributed by atoms with Gasteiger partial charge in [0, 0.05) is 15.1 Å². The minimum atomic E-state index is -0.0189. The van der Waals surface area contributed by atoms with Crippen molar-refractivity contribution in [2.45, 2.75) is 30.7 Å². The third-order valence-electron chi connectivity index (χ3n) is 2.27. The zero-order chi connectivity index (χ0) is 12.5. The predicted molar refractivity (Wildman–Crippen MR) is 77.2 cm³/mol. The zero-order valence-corrected chi connectivity index (χ0v) is 12.4. The number of benzene rings is 1. The van der Waals surface area contributed by atoms with Crippen LogP contribution < -0.4 is 5.32 Å². The topological polar surface area (TPSA) is 35.8 Å². The second kappa shape index (κ2) is 8.57. The summed E-state index contributed by atoms with van der Waals surface area (Å²) >= 11 is 5.24. The summed E-state index contributed by atoms with van der Waals surface area (Å²) in [5.41, 5.74) is 0. The molecular weight excluding hydrogens is 296 g/mol. The van der Waals surface area contributed by atoms with Crippen LogP contribution in [0.5, 0.6) is 0 Å². The van der Waals surface area contributed by atoms with Gasteiger partial charge in [0.25, 0.3) is 0 Å². The molecular formula is C13H17BrN2S. The van der Waals surface area contributed by atoms with Gasteiger partial charge in [-0.3, -0.25) is 0 Å². The van der Waals surface area contributed by atoms with Crippen molar-refractivity contribution >= 4 is 27.7 Å². The predicted octanol–water partition coefficient (Wildman–Crippen LogP) is 3.82. The molecule has 0 radical (unpaired) electrons. The second-order valence-electron chi connectivity index (χ2n) is 3.73. The van der Waals surface area contributed by atoms with Gasteiger partial charge in [0.2, 0.25) is 0 Å². The lowest BCUT2D eigenvalue weighted by atomic mass is 10.2. The minimum absolute atomic E-state index is 0.0189. The van der Waals surface area contributed by atoms with Gasteiger partial charge in [-0.05, 0) is 37.6 Å². The molecule has 1 rings (SSSR count). The summed E-state index contributed by atoms with van der Waals surface area (Å²) < 4.78 is 1.10. The van der Waals surface area contributed by atoms with E-state index in [-0.39, 0.29) is 6.04 Å². The fourth-order valence-electron chi connectivity index (χ4n) is 1.38. The average Bonchev–Trinajstić information content (AvgIpc) is 2.33. The van der Waals surface area contributed by atoms with Gasteiger partial charge in [-0.2, -0.15) is 5.26 Å². The molecule has 0 amide bonds. The molecule has 17 heavy (non-hydrogen) atoms. The molecule has 1 aromatic carbocycles. The van der Waals surface area contributed by atoms with Crippen molar-refractivity contribution in [2.75, 3.05) is 12.3 Å². The molecule has 1 aromatic rings. The van der Waals surface area contributed by atoms with E-state index in [9.17, 15) is 0 Å². The first-order valence-electron chi connectivity index (χ1n) is 5.77. The number of hydrogen-bond donors (Lipinski definition) is 1. The first-order valence-corrected chi connectivity index (χ1v) is 7.55. The van der Waals surface area contributed by atoms with Crippen molar-refractivity contribution in [1.82, 2.24) is 5.32 Å². The number of halogens is 1. The lowest BCUT2D eigenvalue weighted by molar-refractivity contribution is 0.585. The standard InChI is InChI=1S/C13H17BrN2S/c1-2-7-16-12(10-15)6-8-17-13-5-3-4-11(14)9-13/h3-5,9,12,16H,2,6-8H2,1H3. The Hall–Kier alpha value is -0.500. The van der Waals surface area contributed by atoms with Gasteiger partial charge in [-0.1, -0.05) is 28.9 Å². The first-order chi connectivity index (χ1) is 8.26. The molecule has 0 spiro atoms. The van der Waals surface area contributed by atoms with E-state index in [1.807, 2.05) is 12.1 Å². The van der Waals surface area contributed by atoms with Crippen molar-refractivity contribution in [3.8, 4) is 6.07 Å². The summed E-state index contributed by atoms with van der Waals surface area (Å²) in [4.78, 5) is 1.24. The Kier molecular flexibility index (Phi) is 7.34. The third-order valence-corrected chi connectivity index (χ3v) is 3.79. The maximum absolute atomic E-state index is 8.96. The van der Waals surface area contributed by atoms with Gasteiger partial charge >= 0.3 is 0 Å². The van der Waals surface area contributed by atoms with Gasteiger partial charge in [0.05, 0.1) is 12.1 Å². The summed E-state index contributed by atoms with van der Waals surface area (Å²) in [6.07, 6.45) is 1.95. The van der Waals surface area contributed by atoms with E-state index in [0.717, 1.165) is 29.6 Å². The molecule has 0 saturated heterocycles. The van der Waals surface area contributed by atoms with Crippen molar-refractivity contribution < 1.29 is 0 Å². The van der Waals surface area contributed by atoms with E-state index in [1.165, 1.54) is 4.90 Å². The second-order valence-corrected chi connectivity index (χ2v) is 5.81. The highest BCUT2D eigenvalue weighted by Gasteiger charge is 2.05. The summed E-state index contributed by atoms with van der Waals surface area (Å²) in [6.45, 7) is 3.03. The van der Waals surface area contributed by atoms with Crippen molar-refractivity contribution in [2.24, 2.45) is 0 Å². The number of nitriles is 1. The minimum Gasteiger partial charge on any atom is -0.302 e. The van der Waals surface area contributed by atoms with Gasteiger partial charge in [-0.25, -0.2) is 0 Å². The van der Waals surface area contributed by atoms with Gasteiger partial charge in [0.15, 0.2) is 0 Å². The molecule has 92 valence electrons. The smallest absolute Gasteiger partial charge is 0.0961 e. The lowest BCUT2D eigenvalue weighted by Gasteiger charge is -2.10. The fourth-order valence-corrected chi connectivity index (χ4v) is 2.91. The van der Waals surface area contributed by atoms with Crippen LogP contribution in [0, 0.1) is 11.3 Å². The van der Waals surface area contributed by atoms with Crippen molar-refractivity contribution in [3.63, 3.8) is 0 Å². The molecule has 2 nitrogen and oxygen atoms in total. The quantitative estimate of drug-likeness (QED) is 0.777. The summed E-state index contributed by atoms with van der Waals surface area (Å²) in [6, 6.07) is 10.5. The summed E-state index contributed by atoms with van der Waals surface area (Å²) in [7, 11) is 0. The van der Waals surface area contributed by atoms with Crippen LogP contribution in [-0.2, 0) is 0 Å². The Labute approximate surface area is 116 Å². The van der Waals surface area contributed by atoms with Gasteiger partial charge in [0.1, 0.15) is 0 Å². The molecule has 0 aromatic heterocycles. The van der Waals surface area contributed by atoms with Gasteiger partial charge < -0.3 is 5.32 Å². The molecule has 0 aliphatic rings. The number of rotatable bonds is 7. The molecule has 0 aliphatic carbocycles. The number of nitrogens with zero attached hydrogens (tertiary/aromatic N) is 1. The molecule has 0 heterocycles. The number of thioether (sulfide) groups is 1. The number of nitrogens with one attached hydrogen (secondary N) is 1. The summed E-state index contributed by atoms with van der Waals surface area (Å²) in [5, 5.41) is 12.2. The van der Waals surface area contributed by atoms with Crippen LogP contribution in [0.3, 0.4) is 0 Å². The maximum atomic E-state index is 8.96. The molecule has 0 saturated carbocycles. The molecule has 1 atom stereocenters. The molecule has 1 unspecified atom stereocenters. The third kappa shape index (κ3) is 6.11. The van der Waals surface area contributed by atoms with Crippen LogP contribution in [0.2, 0.25) is 0 Å². The van der Waals surface area contributed by atoms with Crippen molar-refractivity contribution in [3.05, 3.63) is 28.7 Å².